The molecule has 120 valence electrons. The molecular weight excluding hydrogens is 294 g/mol. The Bertz CT molecular complexity index is 669. The van der Waals surface area contributed by atoms with Gasteiger partial charge in [0.2, 0.25) is 0 Å². The second-order valence-electron chi connectivity index (χ2n) is 5.56. The van der Waals surface area contributed by atoms with Gasteiger partial charge in [-0.15, -0.1) is 0 Å². The second-order valence-corrected chi connectivity index (χ2v) is 5.56. The first-order chi connectivity index (χ1) is 11.0. The van der Waals surface area contributed by atoms with Crippen LogP contribution in [-0.2, 0) is 0 Å². The van der Waals surface area contributed by atoms with E-state index in [9.17, 15) is 9.59 Å². The third kappa shape index (κ3) is 4.35. The number of carboxylic acid groups (broad SMARTS) is 1. The maximum absolute atomic E-state index is 12.1. The Morgan fingerprint density at radius 2 is 1.70 bits per heavy atom. The first-order valence-corrected chi connectivity index (χ1v) is 7.37. The van der Waals surface area contributed by atoms with Crippen molar-refractivity contribution in [2.45, 2.75) is 19.8 Å². The SMILES string of the molecule is CC(C)C(CNC(=O)c1cnc(C(=O)O)cn1)c1ccccc1. The van der Waals surface area contributed by atoms with Crippen LogP contribution in [0.4, 0.5) is 0 Å². The second kappa shape index (κ2) is 7.49. The number of carboxylic acids is 1. The summed E-state index contributed by atoms with van der Waals surface area (Å²) in [5.74, 6) is -0.992. The van der Waals surface area contributed by atoms with Crippen LogP contribution in [0.15, 0.2) is 42.7 Å². The lowest BCUT2D eigenvalue weighted by molar-refractivity contribution is 0.0689. The number of aromatic carboxylic acids is 1. The molecule has 0 bridgehead atoms. The Morgan fingerprint density at radius 1 is 1.09 bits per heavy atom. The van der Waals surface area contributed by atoms with E-state index in [1.54, 1.807) is 0 Å². The summed E-state index contributed by atoms with van der Waals surface area (Å²) >= 11 is 0. The first kappa shape index (κ1) is 16.6. The molecule has 0 saturated carbocycles. The molecule has 0 saturated heterocycles. The summed E-state index contributed by atoms with van der Waals surface area (Å²) in [6, 6.07) is 9.99. The number of hydrogen-bond donors (Lipinski definition) is 2. The maximum Gasteiger partial charge on any atom is 0.356 e. The number of rotatable bonds is 6. The van der Waals surface area contributed by atoms with Gasteiger partial charge in [0.1, 0.15) is 5.69 Å². The molecule has 1 aromatic carbocycles. The smallest absolute Gasteiger partial charge is 0.356 e. The highest BCUT2D eigenvalue weighted by atomic mass is 16.4. The Labute approximate surface area is 134 Å². The number of aromatic nitrogens is 2. The largest absolute Gasteiger partial charge is 0.476 e. The standard InChI is InChI=1S/C17H19N3O3/c1-11(2)13(12-6-4-3-5-7-12)8-20-16(21)14-9-19-15(10-18-14)17(22)23/h3-7,9-11,13H,8H2,1-2H3,(H,20,21)(H,22,23). The van der Waals surface area contributed by atoms with Crippen molar-refractivity contribution in [2.24, 2.45) is 5.92 Å². The third-order valence-corrected chi connectivity index (χ3v) is 3.62. The highest BCUT2D eigenvalue weighted by Crippen LogP contribution is 2.23. The van der Waals surface area contributed by atoms with Gasteiger partial charge in [0.15, 0.2) is 5.69 Å². The Balaban J connectivity index is 2.03. The molecule has 2 rings (SSSR count). The van der Waals surface area contributed by atoms with E-state index in [4.69, 9.17) is 5.11 Å². The molecule has 0 fully saturated rings. The molecule has 1 amide bonds. The first-order valence-electron chi connectivity index (χ1n) is 7.37. The van der Waals surface area contributed by atoms with E-state index in [0.29, 0.717) is 12.5 Å². The molecule has 2 N–H and O–H groups in total. The highest BCUT2D eigenvalue weighted by Gasteiger charge is 2.18. The van der Waals surface area contributed by atoms with Crippen molar-refractivity contribution in [3.63, 3.8) is 0 Å². The monoisotopic (exact) mass is 313 g/mol. The van der Waals surface area contributed by atoms with Crippen LogP contribution >= 0.6 is 0 Å². The predicted octanol–water partition coefficient (Wildman–Crippen LogP) is 2.34. The van der Waals surface area contributed by atoms with Crippen LogP contribution in [0.3, 0.4) is 0 Å². The van der Waals surface area contributed by atoms with Gasteiger partial charge in [-0.05, 0) is 11.5 Å². The van der Waals surface area contributed by atoms with Gasteiger partial charge in [-0.2, -0.15) is 0 Å². The molecule has 0 aliphatic rings. The van der Waals surface area contributed by atoms with Crippen LogP contribution in [0, 0.1) is 5.92 Å². The molecule has 0 aliphatic carbocycles. The minimum Gasteiger partial charge on any atom is -0.476 e. The van der Waals surface area contributed by atoms with Crippen molar-refractivity contribution in [1.82, 2.24) is 15.3 Å². The number of hydrogen-bond acceptors (Lipinski definition) is 4. The fourth-order valence-electron chi connectivity index (χ4n) is 2.29. The van der Waals surface area contributed by atoms with Crippen LogP contribution < -0.4 is 5.32 Å². The van der Waals surface area contributed by atoms with Gasteiger partial charge in [0.05, 0.1) is 12.4 Å². The predicted molar refractivity (Wildman–Crippen MR) is 85.3 cm³/mol. The van der Waals surface area contributed by atoms with Gasteiger partial charge in [-0.3, -0.25) is 4.79 Å². The van der Waals surface area contributed by atoms with E-state index in [0.717, 1.165) is 11.8 Å². The van der Waals surface area contributed by atoms with Gasteiger partial charge >= 0.3 is 5.97 Å². The normalized spacial score (nSPS) is 12.0. The Hall–Kier alpha value is -2.76. The molecular formula is C17H19N3O3. The third-order valence-electron chi connectivity index (χ3n) is 3.62. The minimum absolute atomic E-state index is 0.102. The van der Waals surface area contributed by atoms with Gasteiger partial charge < -0.3 is 10.4 Å². The molecule has 0 aliphatic heterocycles. The lowest BCUT2D eigenvalue weighted by atomic mass is 9.88. The zero-order valence-electron chi connectivity index (χ0n) is 13.1. The topological polar surface area (TPSA) is 92.2 Å². The maximum atomic E-state index is 12.1. The average Bonchev–Trinajstić information content (AvgIpc) is 2.55. The van der Waals surface area contributed by atoms with Crippen LogP contribution in [-0.4, -0.2) is 33.5 Å². The van der Waals surface area contributed by atoms with Crippen molar-refractivity contribution >= 4 is 11.9 Å². The summed E-state index contributed by atoms with van der Waals surface area (Å²) < 4.78 is 0. The molecule has 2 aromatic rings. The Morgan fingerprint density at radius 3 is 2.22 bits per heavy atom. The van der Waals surface area contributed by atoms with Crippen molar-refractivity contribution in [1.29, 1.82) is 0 Å². The number of nitrogens with one attached hydrogen (secondary N) is 1. The molecule has 1 aromatic heterocycles. The van der Waals surface area contributed by atoms with Gasteiger partial charge in [-0.1, -0.05) is 44.2 Å². The molecule has 6 nitrogen and oxygen atoms in total. The van der Waals surface area contributed by atoms with Crippen molar-refractivity contribution < 1.29 is 14.7 Å². The molecule has 1 unspecified atom stereocenters. The zero-order chi connectivity index (χ0) is 16.8. The molecule has 0 radical (unpaired) electrons. The summed E-state index contributed by atoms with van der Waals surface area (Å²) in [6.45, 7) is 4.68. The molecule has 1 heterocycles. The van der Waals surface area contributed by atoms with Crippen LogP contribution in [0.2, 0.25) is 0 Å². The van der Waals surface area contributed by atoms with Gasteiger partial charge in [0, 0.05) is 12.5 Å². The van der Waals surface area contributed by atoms with E-state index in [2.05, 4.69) is 29.1 Å². The number of carbonyl (C=O) groups excluding carboxylic acids is 1. The van der Waals surface area contributed by atoms with Gasteiger partial charge in [0.25, 0.3) is 5.91 Å². The molecule has 0 spiro atoms. The number of benzene rings is 1. The summed E-state index contributed by atoms with van der Waals surface area (Å²) in [6.07, 6.45) is 2.25. The fraction of sp³-hybridized carbons (Fsp3) is 0.294. The quantitative estimate of drug-likeness (QED) is 0.854. The average molecular weight is 313 g/mol. The van der Waals surface area contributed by atoms with Gasteiger partial charge in [-0.25, -0.2) is 14.8 Å². The summed E-state index contributed by atoms with van der Waals surface area (Å²) in [5, 5.41) is 11.6. The van der Waals surface area contributed by atoms with E-state index >= 15 is 0 Å². The fourth-order valence-corrected chi connectivity index (χ4v) is 2.29. The van der Waals surface area contributed by atoms with Crippen molar-refractivity contribution in [3.05, 3.63) is 59.7 Å². The van der Waals surface area contributed by atoms with Crippen LogP contribution in [0.5, 0.6) is 0 Å². The Kier molecular flexibility index (Phi) is 5.41. The van der Waals surface area contributed by atoms with Crippen molar-refractivity contribution in [2.75, 3.05) is 6.54 Å². The number of carbonyl (C=O) groups is 2. The van der Waals surface area contributed by atoms with E-state index in [-0.39, 0.29) is 23.2 Å². The van der Waals surface area contributed by atoms with E-state index < -0.39 is 5.97 Å². The summed E-state index contributed by atoms with van der Waals surface area (Å²) in [4.78, 5) is 30.4. The van der Waals surface area contributed by atoms with E-state index in [1.165, 1.54) is 6.20 Å². The van der Waals surface area contributed by atoms with Crippen molar-refractivity contribution in [3.8, 4) is 0 Å². The molecule has 1 atom stereocenters. The summed E-state index contributed by atoms with van der Waals surface area (Å²) in [5.41, 5.74) is 1.08. The zero-order valence-corrected chi connectivity index (χ0v) is 13.1. The minimum atomic E-state index is -1.17. The van der Waals surface area contributed by atoms with Crippen LogP contribution in [0.25, 0.3) is 0 Å². The lowest BCUT2D eigenvalue weighted by Crippen LogP contribution is -2.31. The number of amides is 1. The number of nitrogens with zero attached hydrogens (tertiary/aromatic N) is 2. The van der Waals surface area contributed by atoms with Crippen LogP contribution in [0.1, 0.15) is 46.3 Å². The molecule has 23 heavy (non-hydrogen) atoms. The van der Waals surface area contributed by atoms with E-state index in [1.807, 2.05) is 30.3 Å². The highest BCUT2D eigenvalue weighted by molar-refractivity contribution is 5.92. The molecule has 6 heteroatoms. The lowest BCUT2D eigenvalue weighted by Gasteiger charge is -2.21. The summed E-state index contributed by atoms with van der Waals surface area (Å²) in [7, 11) is 0.